The maximum absolute atomic E-state index is 13.5. The van der Waals surface area contributed by atoms with Crippen LogP contribution in [0.5, 0.6) is 0 Å². The van der Waals surface area contributed by atoms with Gasteiger partial charge in [-0.1, -0.05) is 6.07 Å². The number of carbonyl (C=O) groups excluding carboxylic acids is 1. The summed E-state index contributed by atoms with van der Waals surface area (Å²) in [4.78, 5) is 22.7. The number of benzene rings is 1. The molecule has 0 radical (unpaired) electrons. The normalized spacial score (nSPS) is 19.1. The molecular weight excluding hydrogens is 369 g/mol. The van der Waals surface area contributed by atoms with E-state index in [2.05, 4.69) is 9.97 Å². The second-order valence-electron chi connectivity index (χ2n) is 7.42. The van der Waals surface area contributed by atoms with Crippen LogP contribution in [0.3, 0.4) is 0 Å². The highest BCUT2D eigenvalue weighted by Crippen LogP contribution is 2.38. The van der Waals surface area contributed by atoms with E-state index in [1.807, 2.05) is 6.07 Å². The third kappa shape index (κ3) is 3.21. The molecule has 0 saturated carbocycles. The predicted octanol–water partition coefficient (Wildman–Crippen LogP) is 3.47. The van der Waals surface area contributed by atoms with Crippen molar-refractivity contribution in [1.82, 2.24) is 9.97 Å². The Labute approximate surface area is 160 Å². The molecular formula is C20H21F3N4O. The second-order valence-corrected chi connectivity index (χ2v) is 7.42. The number of aromatic nitrogens is 2. The number of hydrogen-bond acceptors (Lipinski definition) is 4. The maximum Gasteiger partial charge on any atom is 0.433 e. The van der Waals surface area contributed by atoms with E-state index in [1.54, 1.807) is 17.0 Å². The molecule has 2 N–H and O–H groups in total. The molecule has 148 valence electrons. The number of halogens is 3. The maximum atomic E-state index is 13.5. The van der Waals surface area contributed by atoms with Crippen LogP contribution >= 0.6 is 0 Å². The molecule has 0 saturated heterocycles. The fourth-order valence-corrected chi connectivity index (χ4v) is 4.28. The average molecular weight is 390 g/mol. The Hall–Kier alpha value is -2.64. The average Bonchev–Trinajstić information content (AvgIpc) is 2.65. The Kier molecular flexibility index (Phi) is 4.51. The third-order valence-electron chi connectivity index (χ3n) is 5.56. The van der Waals surface area contributed by atoms with Crippen molar-refractivity contribution >= 4 is 17.3 Å². The van der Waals surface area contributed by atoms with Gasteiger partial charge >= 0.3 is 6.18 Å². The molecule has 1 aliphatic heterocycles. The van der Waals surface area contributed by atoms with E-state index in [1.165, 1.54) is 6.92 Å². The van der Waals surface area contributed by atoms with E-state index in [4.69, 9.17) is 5.73 Å². The molecule has 0 bridgehead atoms. The fourth-order valence-electron chi connectivity index (χ4n) is 4.28. The molecule has 1 unspecified atom stereocenters. The minimum Gasteiger partial charge on any atom is -0.398 e. The lowest BCUT2D eigenvalue weighted by atomic mass is 9.84. The number of fused-ring (bicyclic) bond motifs is 2. The first-order chi connectivity index (χ1) is 13.3. The smallest absolute Gasteiger partial charge is 0.398 e. The largest absolute Gasteiger partial charge is 0.433 e. The van der Waals surface area contributed by atoms with E-state index < -0.39 is 17.8 Å². The Balaban J connectivity index is 1.66. The molecule has 1 aliphatic carbocycles. The number of alkyl halides is 3. The van der Waals surface area contributed by atoms with Crippen LogP contribution < -0.4 is 10.6 Å². The van der Waals surface area contributed by atoms with Crippen LogP contribution in [-0.2, 0) is 30.2 Å². The Morgan fingerprint density at radius 3 is 2.75 bits per heavy atom. The number of rotatable bonds is 1. The van der Waals surface area contributed by atoms with Gasteiger partial charge in [-0.05, 0) is 56.7 Å². The van der Waals surface area contributed by atoms with Crippen molar-refractivity contribution in [2.45, 2.75) is 45.2 Å². The van der Waals surface area contributed by atoms with Crippen LogP contribution in [0.2, 0.25) is 0 Å². The van der Waals surface area contributed by atoms with Crippen molar-refractivity contribution in [2.75, 3.05) is 17.2 Å². The molecule has 0 spiro atoms. The molecule has 5 nitrogen and oxygen atoms in total. The summed E-state index contributed by atoms with van der Waals surface area (Å²) < 4.78 is 40.4. The van der Waals surface area contributed by atoms with Crippen molar-refractivity contribution in [2.24, 2.45) is 5.92 Å². The number of anilines is 2. The molecule has 1 aromatic heterocycles. The van der Waals surface area contributed by atoms with Gasteiger partial charge in [0.1, 0.15) is 5.82 Å². The molecule has 1 atom stereocenters. The van der Waals surface area contributed by atoms with E-state index in [0.29, 0.717) is 30.8 Å². The Morgan fingerprint density at radius 1 is 1.21 bits per heavy atom. The van der Waals surface area contributed by atoms with Crippen molar-refractivity contribution in [3.63, 3.8) is 0 Å². The zero-order chi connectivity index (χ0) is 20.1. The zero-order valence-electron chi connectivity index (χ0n) is 15.5. The summed E-state index contributed by atoms with van der Waals surface area (Å²) in [6.45, 7) is 2.01. The van der Waals surface area contributed by atoms with Gasteiger partial charge in [0.05, 0.1) is 0 Å². The lowest BCUT2D eigenvalue weighted by Crippen LogP contribution is -2.42. The number of nitrogen functional groups attached to an aromatic ring is 1. The van der Waals surface area contributed by atoms with Crippen molar-refractivity contribution in [3.05, 3.63) is 46.5 Å². The number of aryl methyl sites for hydroxylation is 2. The number of hydrogen-bond donors (Lipinski definition) is 1. The summed E-state index contributed by atoms with van der Waals surface area (Å²) in [5.74, 6) is -0.561. The second kappa shape index (κ2) is 6.76. The standard InChI is InChI=1S/C20H21F3N4O/c1-11-25-16-8-7-12(10-14(16)18(26-11)20(21,22)23)19(28)27-9-3-4-13-15(24)5-2-6-17(13)27/h2,5-6,12H,3-4,7-10,24H2,1H3. The SMILES string of the molecule is Cc1nc2c(c(C(F)(F)F)n1)CC(C(=O)N1CCCc3c(N)cccc31)CC2. The lowest BCUT2D eigenvalue weighted by Gasteiger charge is -2.34. The summed E-state index contributed by atoms with van der Waals surface area (Å²) in [6.07, 6.45) is -2.15. The zero-order valence-corrected chi connectivity index (χ0v) is 15.5. The third-order valence-corrected chi connectivity index (χ3v) is 5.56. The van der Waals surface area contributed by atoms with Gasteiger partial charge in [-0.25, -0.2) is 9.97 Å². The number of amides is 1. The molecule has 28 heavy (non-hydrogen) atoms. The molecule has 1 amide bonds. The van der Waals surface area contributed by atoms with Crippen molar-refractivity contribution < 1.29 is 18.0 Å². The van der Waals surface area contributed by atoms with Crippen LogP contribution in [0, 0.1) is 12.8 Å². The fraction of sp³-hybridized carbons (Fsp3) is 0.450. The summed E-state index contributed by atoms with van der Waals surface area (Å²) in [5.41, 5.74) is 7.97. The summed E-state index contributed by atoms with van der Waals surface area (Å²) in [7, 11) is 0. The Morgan fingerprint density at radius 2 is 2.00 bits per heavy atom. The van der Waals surface area contributed by atoms with Crippen LogP contribution in [0.25, 0.3) is 0 Å². The van der Waals surface area contributed by atoms with Crippen molar-refractivity contribution in [3.8, 4) is 0 Å². The predicted molar refractivity (Wildman–Crippen MR) is 98.8 cm³/mol. The first-order valence-corrected chi connectivity index (χ1v) is 9.38. The first kappa shape index (κ1) is 18.7. The number of carbonyl (C=O) groups is 1. The molecule has 2 aliphatic rings. The highest BCUT2D eigenvalue weighted by molar-refractivity contribution is 5.97. The van der Waals surface area contributed by atoms with Gasteiger partial charge in [-0.3, -0.25) is 4.79 Å². The van der Waals surface area contributed by atoms with Gasteiger partial charge < -0.3 is 10.6 Å². The van der Waals surface area contributed by atoms with Crippen LogP contribution in [0.15, 0.2) is 18.2 Å². The summed E-state index contributed by atoms with van der Waals surface area (Å²) in [6, 6.07) is 5.46. The van der Waals surface area contributed by atoms with E-state index in [-0.39, 0.29) is 23.7 Å². The van der Waals surface area contributed by atoms with Crippen LogP contribution in [0.4, 0.5) is 24.5 Å². The van der Waals surface area contributed by atoms with E-state index in [9.17, 15) is 18.0 Å². The van der Waals surface area contributed by atoms with Crippen LogP contribution in [0.1, 0.15) is 41.2 Å². The number of nitrogens with two attached hydrogens (primary N) is 1. The monoisotopic (exact) mass is 390 g/mol. The molecule has 4 rings (SSSR count). The number of nitrogens with zero attached hydrogens (tertiary/aromatic N) is 3. The van der Waals surface area contributed by atoms with Gasteiger partial charge in [-0.2, -0.15) is 13.2 Å². The molecule has 2 aromatic rings. The molecule has 0 fully saturated rings. The van der Waals surface area contributed by atoms with E-state index >= 15 is 0 Å². The minimum atomic E-state index is -4.56. The highest BCUT2D eigenvalue weighted by Gasteiger charge is 2.41. The van der Waals surface area contributed by atoms with Gasteiger partial charge in [-0.15, -0.1) is 0 Å². The first-order valence-electron chi connectivity index (χ1n) is 9.38. The van der Waals surface area contributed by atoms with Gasteiger partial charge in [0, 0.05) is 35.1 Å². The molecule has 1 aromatic carbocycles. The molecule has 2 heterocycles. The quantitative estimate of drug-likeness (QED) is 0.757. The van der Waals surface area contributed by atoms with Crippen molar-refractivity contribution in [1.29, 1.82) is 0 Å². The summed E-state index contributed by atoms with van der Waals surface area (Å²) in [5, 5.41) is 0. The lowest BCUT2D eigenvalue weighted by molar-refractivity contribution is -0.142. The van der Waals surface area contributed by atoms with Gasteiger partial charge in [0.15, 0.2) is 5.69 Å². The Bertz CT molecular complexity index is 942. The van der Waals surface area contributed by atoms with Gasteiger partial charge in [0.2, 0.25) is 5.91 Å². The van der Waals surface area contributed by atoms with Crippen LogP contribution in [-0.4, -0.2) is 22.4 Å². The van der Waals surface area contributed by atoms with Gasteiger partial charge in [0.25, 0.3) is 0 Å². The highest BCUT2D eigenvalue weighted by atomic mass is 19.4. The van der Waals surface area contributed by atoms with E-state index in [0.717, 1.165) is 24.1 Å². The minimum absolute atomic E-state index is 0.0113. The molecule has 8 heteroatoms. The topological polar surface area (TPSA) is 72.1 Å². The summed E-state index contributed by atoms with van der Waals surface area (Å²) >= 11 is 0.